The van der Waals surface area contributed by atoms with Gasteiger partial charge in [0, 0.05) is 34.3 Å². The number of nitrogens with zero attached hydrogens (tertiary/aromatic N) is 4. The number of nitrogens with one attached hydrogen (secondary N) is 2. The van der Waals surface area contributed by atoms with Gasteiger partial charge in [-0.3, -0.25) is 4.98 Å². The third kappa shape index (κ3) is 3.03. The highest BCUT2D eigenvalue weighted by atomic mass is 32.1. The highest BCUT2D eigenvalue weighted by Crippen LogP contribution is 2.32. The molecule has 0 saturated heterocycles. The second kappa shape index (κ2) is 6.14. The van der Waals surface area contributed by atoms with Gasteiger partial charge >= 0.3 is 0 Å². The van der Waals surface area contributed by atoms with Gasteiger partial charge in [-0.15, -0.1) is 0 Å². The molecule has 0 aliphatic carbocycles. The van der Waals surface area contributed by atoms with Gasteiger partial charge < -0.3 is 16.0 Å². The zero-order chi connectivity index (χ0) is 17.4. The first kappa shape index (κ1) is 15.5. The van der Waals surface area contributed by atoms with E-state index >= 15 is 0 Å². The van der Waals surface area contributed by atoms with E-state index in [0.717, 1.165) is 38.5 Å². The normalized spacial score (nSPS) is 11.3. The Morgan fingerprint density at radius 1 is 1.20 bits per heavy atom. The Hall–Kier alpha value is -3.00. The van der Waals surface area contributed by atoms with Gasteiger partial charge in [0.1, 0.15) is 10.8 Å². The van der Waals surface area contributed by atoms with Crippen LogP contribution in [0.2, 0.25) is 0 Å². The van der Waals surface area contributed by atoms with E-state index in [1.807, 2.05) is 18.3 Å². The van der Waals surface area contributed by atoms with Crippen LogP contribution in [0.25, 0.3) is 32.7 Å². The molecule has 0 atom stereocenters. The zero-order valence-electron chi connectivity index (χ0n) is 13.8. The molecule has 0 saturated carbocycles. The lowest BCUT2D eigenvalue weighted by Gasteiger charge is -2.09. The number of nitrogens with two attached hydrogens (primary N) is 1. The molecule has 1 aromatic carbocycles. The molecule has 7 nitrogen and oxygen atoms in total. The van der Waals surface area contributed by atoms with Crippen LogP contribution in [-0.4, -0.2) is 30.4 Å². The van der Waals surface area contributed by atoms with Gasteiger partial charge in [0.25, 0.3) is 0 Å². The predicted molar refractivity (Wildman–Crippen MR) is 101 cm³/mol. The predicted octanol–water partition coefficient (Wildman–Crippen LogP) is 3.55. The van der Waals surface area contributed by atoms with Crippen molar-refractivity contribution in [2.24, 2.45) is 0 Å². The van der Waals surface area contributed by atoms with Crippen LogP contribution in [0, 0.1) is 0 Å². The molecule has 0 radical (unpaired) electrons. The minimum atomic E-state index is 0.294. The lowest BCUT2D eigenvalue weighted by atomic mass is 10.1. The van der Waals surface area contributed by atoms with E-state index < -0.39 is 0 Å². The molecule has 0 fully saturated rings. The van der Waals surface area contributed by atoms with E-state index in [4.69, 9.17) is 5.73 Å². The van der Waals surface area contributed by atoms with E-state index in [0.29, 0.717) is 12.0 Å². The number of nitrogen functional groups attached to an aromatic ring is 1. The number of benzene rings is 1. The molecule has 0 amide bonds. The van der Waals surface area contributed by atoms with Crippen molar-refractivity contribution < 1.29 is 0 Å². The molecule has 8 heteroatoms. The Morgan fingerprint density at radius 2 is 2.08 bits per heavy atom. The molecule has 0 spiro atoms. The Kier molecular flexibility index (Phi) is 3.81. The van der Waals surface area contributed by atoms with Gasteiger partial charge in [-0.25, -0.2) is 4.98 Å². The highest BCUT2D eigenvalue weighted by molar-refractivity contribution is 7.09. The summed E-state index contributed by atoms with van der Waals surface area (Å²) < 4.78 is 4.05. The topological polar surface area (TPSA) is 105 Å². The number of hydrogen-bond acceptors (Lipinski definition) is 7. The van der Waals surface area contributed by atoms with Crippen molar-refractivity contribution >= 4 is 34.2 Å². The van der Waals surface area contributed by atoms with Crippen molar-refractivity contribution in [3.8, 4) is 21.8 Å². The lowest BCUT2D eigenvalue weighted by Crippen LogP contribution is -2.11. The van der Waals surface area contributed by atoms with Gasteiger partial charge in [-0.2, -0.15) is 9.36 Å². The van der Waals surface area contributed by atoms with E-state index in [1.165, 1.54) is 11.5 Å². The molecule has 126 valence electrons. The summed E-state index contributed by atoms with van der Waals surface area (Å²) in [4.78, 5) is 16.5. The standard InChI is InChI=1S/C17H17N7S/c1-9(2)21-15-8-19-7-14(22-15)12-6-20-13-4-3-10(5-11(12)13)16-23-17(18)24-25-16/h3-9,20H,1-2H3,(H2,18,24)(H,21,22). The van der Waals surface area contributed by atoms with Crippen molar-refractivity contribution in [3.63, 3.8) is 0 Å². The first-order valence-electron chi connectivity index (χ1n) is 7.90. The van der Waals surface area contributed by atoms with Gasteiger partial charge in [0.15, 0.2) is 0 Å². The Morgan fingerprint density at radius 3 is 2.84 bits per heavy atom. The zero-order valence-corrected chi connectivity index (χ0v) is 14.6. The molecular formula is C17H17N7S. The van der Waals surface area contributed by atoms with Gasteiger partial charge in [0.05, 0.1) is 18.1 Å². The quantitative estimate of drug-likeness (QED) is 0.519. The van der Waals surface area contributed by atoms with Crippen molar-refractivity contribution in [3.05, 3.63) is 36.8 Å². The number of aromatic amines is 1. The Labute approximate surface area is 148 Å². The van der Waals surface area contributed by atoms with E-state index in [9.17, 15) is 0 Å². The lowest BCUT2D eigenvalue weighted by molar-refractivity contribution is 0.886. The van der Waals surface area contributed by atoms with Crippen LogP contribution < -0.4 is 11.1 Å². The van der Waals surface area contributed by atoms with Crippen LogP contribution in [0.15, 0.2) is 36.8 Å². The number of H-pyrrole nitrogens is 1. The summed E-state index contributed by atoms with van der Waals surface area (Å²) in [5, 5.41) is 5.14. The van der Waals surface area contributed by atoms with Crippen molar-refractivity contribution in [1.29, 1.82) is 0 Å². The van der Waals surface area contributed by atoms with Gasteiger partial charge in [-0.05, 0) is 43.6 Å². The molecular weight excluding hydrogens is 334 g/mol. The maximum absolute atomic E-state index is 5.64. The van der Waals surface area contributed by atoms with Gasteiger partial charge in [0.2, 0.25) is 5.95 Å². The number of hydrogen-bond donors (Lipinski definition) is 3. The number of fused-ring (bicyclic) bond motifs is 1. The minimum Gasteiger partial charge on any atom is -0.367 e. The van der Waals surface area contributed by atoms with Crippen LogP contribution in [0.4, 0.5) is 11.8 Å². The first-order valence-corrected chi connectivity index (χ1v) is 8.67. The maximum Gasteiger partial charge on any atom is 0.232 e. The fourth-order valence-electron chi connectivity index (χ4n) is 2.68. The first-order chi connectivity index (χ1) is 12.1. The summed E-state index contributed by atoms with van der Waals surface area (Å²) in [7, 11) is 0. The molecule has 4 N–H and O–H groups in total. The average Bonchev–Trinajstić information content (AvgIpc) is 3.20. The monoisotopic (exact) mass is 351 g/mol. The fraction of sp³-hybridized carbons (Fsp3) is 0.176. The molecule has 3 aromatic heterocycles. The largest absolute Gasteiger partial charge is 0.367 e. The van der Waals surface area contributed by atoms with Crippen molar-refractivity contribution in [1.82, 2.24) is 24.3 Å². The molecule has 4 aromatic rings. The molecule has 0 unspecified atom stereocenters. The average molecular weight is 351 g/mol. The fourth-order valence-corrected chi connectivity index (χ4v) is 3.27. The van der Waals surface area contributed by atoms with Crippen LogP contribution >= 0.6 is 11.5 Å². The summed E-state index contributed by atoms with van der Waals surface area (Å²) in [5.41, 5.74) is 9.45. The van der Waals surface area contributed by atoms with Crippen LogP contribution in [0.3, 0.4) is 0 Å². The van der Waals surface area contributed by atoms with Crippen LogP contribution in [0.1, 0.15) is 13.8 Å². The summed E-state index contributed by atoms with van der Waals surface area (Å²) in [6.07, 6.45) is 5.45. The van der Waals surface area contributed by atoms with E-state index in [1.54, 1.807) is 12.4 Å². The van der Waals surface area contributed by atoms with Crippen molar-refractivity contribution in [2.45, 2.75) is 19.9 Å². The molecule has 4 rings (SSSR count). The van der Waals surface area contributed by atoms with Crippen LogP contribution in [-0.2, 0) is 0 Å². The minimum absolute atomic E-state index is 0.294. The van der Waals surface area contributed by atoms with E-state index in [2.05, 4.69) is 49.5 Å². The second-order valence-electron chi connectivity index (χ2n) is 6.01. The molecule has 25 heavy (non-hydrogen) atoms. The van der Waals surface area contributed by atoms with Crippen LogP contribution in [0.5, 0.6) is 0 Å². The van der Waals surface area contributed by atoms with E-state index in [-0.39, 0.29) is 0 Å². The number of anilines is 2. The molecule has 0 aliphatic rings. The third-order valence-electron chi connectivity index (χ3n) is 3.72. The molecule has 0 aliphatic heterocycles. The third-order valence-corrected chi connectivity index (χ3v) is 4.50. The molecule has 3 heterocycles. The summed E-state index contributed by atoms with van der Waals surface area (Å²) in [5.74, 6) is 1.06. The number of rotatable bonds is 4. The summed E-state index contributed by atoms with van der Waals surface area (Å²) in [6, 6.07) is 6.40. The number of aromatic nitrogens is 5. The van der Waals surface area contributed by atoms with Crippen molar-refractivity contribution in [2.75, 3.05) is 11.1 Å². The maximum atomic E-state index is 5.64. The summed E-state index contributed by atoms with van der Waals surface area (Å²) >= 11 is 1.29. The SMILES string of the molecule is CC(C)Nc1cncc(-c2c[nH]c3ccc(-c4nc(N)ns4)cc23)n1. The highest BCUT2D eigenvalue weighted by Gasteiger charge is 2.12. The Balaban J connectivity index is 1.80. The Bertz CT molecular complexity index is 1030. The summed E-state index contributed by atoms with van der Waals surface area (Å²) in [6.45, 7) is 4.14. The second-order valence-corrected chi connectivity index (χ2v) is 6.76. The molecule has 0 bridgehead atoms. The van der Waals surface area contributed by atoms with Gasteiger partial charge in [-0.1, -0.05) is 0 Å². The smallest absolute Gasteiger partial charge is 0.232 e.